The van der Waals surface area contributed by atoms with Gasteiger partial charge in [-0.2, -0.15) is 0 Å². The Morgan fingerprint density at radius 2 is 1.49 bits per heavy atom. The summed E-state index contributed by atoms with van der Waals surface area (Å²) in [5.74, 6) is 0.0301. The summed E-state index contributed by atoms with van der Waals surface area (Å²) >= 11 is 0. The first kappa shape index (κ1) is 22.3. The molecule has 2 bridgehead atoms. The number of imide groups is 1. The third kappa shape index (κ3) is 3.35. The maximum Gasteiger partial charge on any atom is 0.316 e. The maximum absolute atomic E-state index is 13.4. The molecule has 2 aromatic carbocycles. The number of esters is 1. The zero-order valence-electron chi connectivity index (χ0n) is 20.3. The Morgan fingerprint density at radius 3 is 2.16 bits per heavy atom. The zero-order chi connectivity index (χ0) is 25.4. The molecule has 0 radical (unpaired) electrons. The van der Waals surface area contributed by atoms with E-state index < -0.39 is 11.9 Å². The SMILES string of the molecule is COc1cccc(N2C[C@H](C(=O)Oc3cccc(N4C(=O)[C@@H]5[C@H]6C=C[C@@H]([C@@H]7C[C@H]67)[C@@H]5C4=O)c3)CC2=O)c1. The highest BCUT2D eigenvalue weighted by molar-refractivity contribution is 6.22. The van der Waals surface area contributed by atoms with E-state index >= 15 is 0 Å². The summed E-state index contributed by atoms with van der Waals surface area (Å²) in [5, 5.41) is 0. The quantitative estimate of drug-likeness (QED) is 0.272. The number of ether oxygens (including phenoxy) is 2. The molecule has 0 aromatic heterocycles. The fraction of sp³-hybridized carbons (Fsp3) is 0.379. The molecule has 8 rings (SSSR count). The molecule has 2 aliphatic heterocycles. The first-order chi connectivity index (χ1) is 17.9. The second kappa shape index (κ2) is 8.03. The van der Waals surface area contributed by atoms with E-state index in [4.69, 9.17) is 9.47 Å². The lowest BCUT2D eigenvalue weighted by atomic mass is 9.63. The van der Waals surface area contributed by atoms with Gasteiger partial charge in [-0.05, 0) is 54.4 Å². The van der Waals surface area contributed by atoms with E-state index in [-0.39, 0.29) is 60.1 Å². The highest BCUT2D eigenvalue weighted by Gasteiger charge is 2.67. The molecular weight excluding hydrogens is 472 g/mol. The summed E-state index contributed by atoms with van der Waals surface area (Å²) in [6, 6.07) is 13.7. The predicted octanol–water partition coefficient (Wildman–Crippen LogP) is 3.21. The fourth-order valence-corrected chi connectivity index (χ4v) is 6.99. The van der Waals surface area contributed by atoms with E-state index in [1.54, 1.807) is 60.5 Å². The van der Waals surface area contributed by atoms with Crippen LogP contribution in [0.5, 0.6) is 11.5 Å². The summed E-state index contributed by atoms with van der Waals surface area (Å²) in [7, 11) is 1.56. The fourth-order valence-electron chi connectivity index (χ4n) is 6.99. The van der Waals surface area contributed by atoms with Gasteiger partial charge >= 0.3 is 5.97 Å². The van der Waals surface area contributed by atoms with Crippen molar-refractivity contribution >= 4 is 35.1 Å². The van der Waals surface area contributed by atoms with Crippen LogP contribution in [0.3, 0.4) is 0 Å². The molecule has 6 aliphatic rings. The molecule has 0 N–H and O–H groups in total. The lowest BCUT2D eigenvalue weighted by Crippen LogP contribution is -2.40. The number of nitrogens with zero attached hydrogens (tertiary/aromatic N) is 2. The van der Waals surface area contributed by atoms with Crippen LogP contribution in [0.4, 0.5) is 11.4 Å². The molecule has 7 atom stereocenters. The normalized spacial score (nSPS) is 33.0. The third-order valence-electron chi connectivity index (χ3n) is 8.78. The molecular formula is C29H26N2O6. The Morgan fingerprint density at radius 1 is 0.865 bits per heavy atom. The molecule has 2 aromatic rings. The number of benzene rings is 2. The van der Waals surface area contributed by atoms with Gasteiger partial charge in [0.05, 0.1) is 30.6 Å². The van der Waals surface area contributed by atoms with E-state index in [9.17, 15) is 19.2 Å². The molecule has 3 amide bonds. The van der Waals surface area contributed by atoms with E-state index in [0.29, 0.717) is 29.0 Å². The molecule has 2 saturated carbocycles. The number of methoxy groups -OCH3 is 1. The summed E-state index contributed by atoms with van der Waals surface area (Å²) in [6.45, 7) is 0.203. The molecule has 0 unspecified atom stereocenters. The Kier molecular flexibility index (Phi) is 4.83. The van der Waals surface area contributed by atoms with Crippen LogP contribution < -0.4 is 19.3 Å². The largest absolute Gasteiger partial charge is 0.497 e. The van der Waals surface area contributed by atoms with Crippen LogP contribution in [0, 0.1) is 41.4 Å². The summed E-state index contributed by atoms with van der Waals surface area (Å²) in [4.78, 5) is 55.3. The van der Waals surface area contributed by atoms with Gasteiger partial charge in [-0.25, -0.2) is 4.90 Å². The lowest BCUT2D eigenvalue weighted by Gasteiger charge is -2.37. The maximum atomic E-state index is 13.4. The number of amides is 3. The Hall–Kier alpha value is -3.94. The van der Waals surface area contributed by atoms with Crippen molar-refractivity contribution in [3.8, 4) is 11.5 Å². The van der Waals surface area contributed by atoms with Gasteiger partial charge in [0, 0.05) is 30.8 Å². The van der Waals surface area contributed by atoms with Gasteiger partial charge in [-0.3, -0.25) is 19.2 Å². The number of carbonyl (C=O) groups excluding carboxylic acids is 4. The second-order valence-electron chi connectivity index (χ2n) is 10.7. The minimum atomic E-state index is -0.631. The molecule has 2 heterocycles. The van der Waals surface area contributed by atoms with Gasteiger partial charge < -0.3 is 14.4 Å². The van der Waals surface area contributed by atoms with Gasteiger partial charge in [-0.1, -0.05) is 24.3 Å². The average molecular weight is 499 g/mol. The van der Waals surface area contributed by atoms with Crippen LogP contribution in [0.15, 0.2) is 60.7 Å². The minimum Gasteiger partial charge on any atom is -0.497 e. The van der Waals surface area contributed by atoms with Crippen molar-refractivity contribution in [3.05, 3.63) is 60.7 Å². The Bertz CT molecular complexity index is 1350. The van der Waals surface area contributed by atoms with Gasteiger partial charge in [-0.15, -0.1) is 0 Å². The minimum absolute atomic E-state index is 0.0420. The van der Waals surface area contributed by atoms with E-state index in [2.05, 4.69) is 12.2 Å². The number of rotatable bonds is 5. The van der Waals surface area contributed by atoms with Crippen molar-refractivity contribution in [3.63, 3.8) is 0 Å². The summed E-state index contributed by atoms with van der Waals surface area (Å²) < 4.78 is 10.9. The predicted molar refractivity (Wildman–Crippen MR) is 133 cm³/mol. The van der Waals surface area contributed by atoms with Crippen molar-refractivity contribution < 1.29 is 28.7 Å². The van der Waals surface area contributed by atoms with E-state index in [1.165, 1.54) is 4.90 Å². The Balaban J connectivity index is 1.07. The van der Waals surface area contributed by atoms with Crippen molar-refractivity contribution in [1.82, 2.24) is 0 Å². The number of hydrogen-bond acceptors (Lipinski definition) is 6. The first-order valence-electron chi connectivity index (χ1n) is 12.8. The van der Waals surface area contributed by atoms with E-state index in [1.807, 2.05) is 0 Å². The monoisotopic (exact) mass is 498 g/mol. The topological polar surface area (TPSA) is 93.2 Å². The van der Waals surface area contributed by atoms with Crippen LogP contribution in [-0.2, 0) is 19.2 Å². The van der Waals surface area contributed by atoms with Crippen molar-refractivity contribution in [2.75, 3.05) is 23.5 Å². The number of hydrogen-bond donors (Lipinski definition) is 0. The summed E-state index contributed by atoms with van der Waals surface area (Å²) in [5.41, 5.74) is 1.08. The molecule has 2 saturated heterocycles. The van der Waals surface area contributed by atoms with E-state index in [0.717, 1.165) is 6.42 Å². The summed E-state index contributed by atoms with van der Waals surface area (Å²) in [6.07, 6.45) is 5.44. The van der Waals surface area contributed by atoms with Gasteiger partial charge in [0.1, 0.15) is 11.5 Å². The van der Waals surface area contributed by atoms with Crippen molar-refractivity contribution in [1.29, 1.82) is 0 Å². The molecule has 188 valence electrons. The average Bonchev–Trinajstić information content (AvgIpc) is 3.58. The third-order valence-corrected chi connectivity index (χ3v) is 8.78. The number of carbonyl (C=O) groups is 4. The number of allylic oxidation sites excluding steroid dienone is 2. The van der Waals surface area contributed by atoms with Gasteiger partial charge in [0.25, 0.3) is 0 Å². The second-order valence-corrected chi connectivity index (χ2v) is 10.7. The van der Waals surface area contributed by atoms with Crippen LogP contribution in [-0.4, -0.2) is 37.3 Å². The number of anilines is 2. The molecule has 4 aliphatic carbocycles. The Labute approximate surface area is 213 Å². The smallest absolute Gasteiger partial charge is 0.316 e. The molecule has 8 heteroatoms. The molecule has 0 spiro atoms. The van der Waals surface area contributed by atoms with Crippen molar-refractivity contribution in [2.45, 2.75) is 12.8 Å². The first-order valence-corrected chi connectivity index (χ1v) is 12.8. The van der Waals surface area contributed by atoms with Crippen LogP contribution in [0.25, 0.3) is 0 Å². The van der Waals surface area contributed by atoms with Crippen molar-refractivity contribution in [2.24, 2.45) is 41.4 Å². The van der Waals surface area contributed by atoms with Crippen LogP contribution in [0.2, 0.25) is 0 Å². The standard InChI is InChI=1S/C29H26N2O6/c1-36-18-6-2-4-16(11-18)30-14-15(10-24(30)32)29(35)37-19-7-3-5-17(12-19)31-27(33)25-20-8-9-21(23-13-22(20)23)26(25)28(31)34/h2-9,11-12,15,20-23,25-26H,10,13-14H2,1H3/t15-,20+,21+,22-,23+,25-,26+/m1/s1. The van der Waals surface area contributed by atoms with Gasteiger partial charge in [0.2, 0.25) is 17.7 Å². The van der Waals surface area contributed by atoms with Crippen LogP contribution in [0.1, 0.15) is 12.8 Å². The zero-order valence-corrected chi connectivity index (χ0v) is 20.3. The van der Waals surface area contributed by atoms with Gasteiger partial charge in [0.15, 0.2) is 0 Å². The lowest BCUT2D eigenvalue weighted by molar-refractivity contribution is -0.139. The highest BCUT2D eigenvalue weighted by atomic mass is 16.5. The molecule has 37 heavy (non-hydrogen) atoms. The highest BCUT2D eigenvalue weighted by Crippen LogP contribution is 2.65. The molecule has 8 nitrogen and oxygen atoms in total. The molecule has 4 fully saturated rings. The van der Waals surface area contributed by atoms with Crippen LogP contribution >= 0.6 is 0 Å².